The molecule has 0 amide bonds. The maximum Gasteiger partial charge on any atom is 0.171 e. The van der Waals surface area contributed by atoms with E-state index < -0.39 is 5.67 Å². The Kier molecular flexibility index (Phi) is 3.78. The van der Waals surface area contributed by atoms with E-state index in [9.17, 15) is 4.39 Å². The summed E-state index contributed by atoms with van der Waals surface area (Å²) >= 11 is 0. The van der Waals surface area contributed by atoms with Crippen molar-refractivity contribution in [3.05, 3.63) is 0 Å². The molecule has 1 aliphatic carbocycles. The van der Waals surface area contributed by atoms with Crippen LogP contribution in [0.25, 0.3) is 0 Å². The van der Waals surface area contributed by atoms with Gasteiger partial charge in [0.25, 0.3) is 0 Å². The minimum Gasteiger partial charge on any atom is -0.230 e. The molecular weight excluding hydrogens is 163 g/mol. The SMILES string of the molecule is CC(C)CC1(F)C#CCCCCC1. The average molecular weight is 182 g/mol. The van der Waals surface area contributed by atoms with Crippen molar-refractivity contribution in [1.29, 1.82) is 0 Å². The van der Waals surface area contributed by atoms with E-state index in [0.717, 1.165) is 25.7 Å². The largest absolute Gasteiger partial charge is 0.230 e. The summed E-state index contributed by atoms with van der Waals surface area (Å²) in [7, 11) is 0. The van der Waals surface area contributed by atoms with Crippen molar-refractivity contribution in [3.8, 4) is 11.8 Å². The molecular formula is C12H19F. The Hall–Kier alpha value is -0.510. The Morgan fingerprint density at radius 3 is 2.77 bits per heavy atom. The summed E-state index contributed by atoms with van der Waals surface area (Å²) in [6.07, 6.45) is 5.39. The van der Waals surface area contributed by atoms with E-state index in [1.54, 1.807) is 0 Å². The van der Waals surface area contributed by atoms with E-state index in [-0.39, 0.29) is 0 Å². The van der Waals surface area contributed by atoms with Crippen molar-refractivity contribution in [3.63, 3.8) is 0 Å². The van der Waals surface area contributed by atoms with Crippen molar-refractivity contribution >= 4 is 0 Å². The van der Waals surface area contributed by atoms with E-state index in [1.165, 1.54) is 0 Å². The van der Waals surface area contributed by atoms with Crippen LogP contribution in [0.3, 0.4) is 0 Å². The first-order valence-corrected chi connectivity index (χ1v) is 5.31. The highest BCUT2D eigenvalue weighted by atomic mass is 19.1. The predicted molar refractivity (Wildman–Crippen MR) is 54.2 cm³/mol. The third-order valence-corrected chi connectivity index (χ3v) is 2.42. The van der Waals surface area contributed by atoms with Crippen molar-refractivity contribution < 1.29 is 4.39 Å². The molecule has 0 aliphatic heterocycles. The van der Waals surface area contributed by atoms with Crippen LogP contribution in [-0.4, -0.2) is 5.67 Å². The van der Waals surface area contributed by atoms with Gasteiger partial charge in [0.15, 0.2) is 5.67 Å². The smallest absolute Gasteiger partial charge is 0.171 e. The van der Waals surface area contributed by atoms with E-state index in [0.29, 0.717) is 18.8 Å². The van der Waals surface area contributed by atoms with E-state index >= 15 is 0 Å². The van der Waals surface area contributed by atoms with Gasteiger partial charge in [0.05, 0.1) is 0 Å². The van der Waals surface area contributed by atoms with Gasteiger partial charge in [-0.3, -0.25) is 0 Å². The van der Waals surface area contributed by atoms with Gasteiger partial charge in [-0.1, -0.05) is 32.1 Å². The fourth-order valence-corrected chi connectivity index (χ4v) is 1.88. The Balaban J connectivity index is 2.60. The van der Waals surface area contributed by atoms with Gasteiger partial charge in [-0.25, -0.2) is 4.39 Å². The zero-order valence-electron chi connectivity index (χ0n) is 8.70. The lowest BCUT2D eigenvalue weighted by atomic mass is 9.88. The molecule has 0 nitrogen and oxygen atoms in total. The number of hydrogen-bond donors (Lipinski definition) is 0. The zero-order chi connectivity index (χ0) is 9.73. The highest BCUT2D eigenvalue weighted by Crippen LogP contribution is 2.28. The van der Waals surface area contributed by atoms with Crippen molar-refractivity contribution in [2.24, 2.45) is 5.92 Å². The molecule has 0 N–H and O–H groups in total. The predicted octanol–water partition coefficient (Wildman–Crippen LogP) is 3.71. The maximum atomic E-state index is 14.1. The molecule has 1 aliphatic rings. The van der Waals surface area contributed by atoms with Gasteiger partial charge in [-0.15, -0.1) is 0 Å². The molecule has 1 atom stereocenters. The summed E-state index contributed by atoms with van der Waals surface area (Å²) < 4.78 is 14.1. The third-order valence-electron chi connectivity index (χ3n) is 2.42. The molecule has 0 aromatic carbocycles. The summed E-state index contributed by atoms with van der Waals surface area (Å²) in [5, 5.41) is 0. The lowest BCUT2D eigenvalue weighted by Gasteiger charge is -2.22. The molecule has 74 valence electrons. The summed E-state index contributed by atoms with van der Waals surface area (Å²) in [5.41, 5.74) is -1.19. The number of halogens is 1. The molecule has 1 heteroatoms. The van der Waals surface area contributed by atoms with Crippen LogP contribution in [0, 0.1) is 17.8 Å². The first-order chi connectivity index (χ1) is 6.12. The first kappa shape index (κ1) is 10.6. The fourth-order valence-electron chi connectivity index (χ4n) is 1.88. The van der Waals surface area contributed by atoms with Crippen LogP contribution in [0.4, 0.5) is 4.39 Å². The van der Waals surface area contributed by atoms with Gasteiger partial charge >= 0.3 is 0 Å². The summed E-state index contributed by atoms with van der Waals surface area (Å²) in [6, 6.07) is 0. The molecule has 0 radical (unpaired) electrons. The number of rotatable bonds is 2. The minimum absolute atomic E-state index is 0.402. The molecule has 0 bridgehead atoms. The number of alkyl halides is 1. The third kappa shape index (κ3) is 3.81. The van der Waals surface area contributed by atoms with Crippen molar-refractivity contribution in [2.45, 2.75) is 58.0 Å². The van der Waals surface area contributed by atoms with E-state index in [1.807, 2.05) is 0 Å². The van der Waals surface area contributed by atoms with Gasteiger partial charge in [0.1, 0.15) is 0 Å². The second-order valence-corrected chi connectivity index (χ2v) is 4.43. The zero-order valence-corrected chi connectivity index (χ0v) is 8.70. The van der Waals surface area contributed by atoms with Crippen LogP contribution >= 0.6 is 0 Å². The van der Waals surface area contributed by atoms with Crippen LogP contribution in [0.2, 0.25) is 0 Å². The van der Waals surface area contributed by atoms with Crippen LogP contribution < -0.4 is 0 Å². The molecule has 0 aromatic rings. The topological polar surface area (TPSA) is 0 Å². The maximum absolute atomic E-state index is 14.1. The van der Waals surface area contributed by atoms with Crippen LogP contribution in [0.5, 0.6) is 0 Å². The van der Waals surface area contributed by atoms with E-state index in [2.05, 4.69) is 25.7 Å². The molecule has 0 saturated carbocycles. The highest BCUT2D eigenvalue weighted by Gasteiger charge is 2.27. The van der Waals surface area contributed by atoms with Crippen LogP contribution in [0.15, 0.2) is 0 Å². The summed E-state index contributed by atoms with van der Waals surface area (Å²) in [5.74, 6) is 6.17. The molecule has 1 unspecified atom stereocenters. The molecule has 0 saturated heterocycles. The Labute approximate surface area is 80.9 Å². The van der Waals surface area contributed by atoms with Crippen LogP contribution in [-0.2, 0) is 0 Å². The Morgan fingerprint density at radius 1 is 1.31 bits per heavy atom. The van der Waals surface area contributed by atoms with Gasteiger partial charge < -0.3 is 0 Å². The lowest BCUT2D eigenvalue weighted by Crippen LogP contribution is -2.23. The second-order valence-electron chi connectivity index (χ2n) is 4.43. The second kappa shape index (κ2) is 4.65. The molecule has 0 heterocycles. The first-order valence-electron chi connectivity index (χ1n) is 5.31. The quantitative estimate of drug-likeness (QED) is 0.571. The van der Waals surface area contributed by atoms with Gasteiger partial charge in [0, 0.05) is 6.42 Å². The fraction of sp³-hybridized carbons (Fsp3) is 0.833. The Morgan fingerprint density at radius 2 is 2.08 bits per heavy atom. The highest BCUT2D eigenvalue weighted by molar-refractivity contribution is 5.15. The van der Waals surface area contributed by atoms with Gasteiger partial charge in [-0.2, -0.15) is 0 Å². The normalized spacial score (nSPS) is 28.9. The monoisotopic (exact) mass is 182 g/mol. The van der Waals surface area contributed by atoms with Crippen molar-refractivity contribution in [1.82, 2.24) is 0 Å². The Bertz CT molecular complexity index is 209. The van der Waals surface area contributed by atoms with Crippen LogP contribution in [0.1, 0.15) is 52.4 Å². The van der Waals surface area contributed by atoms with E-state index in [4.69, 9.17) is 0 Å². The standard InChI is InChI=1S/C12H19F/c1-11(2)10-12(13)8-6-4-3-5-7-9-12/h11H,3-6,8,10H2,1-2H3. The van der Waals surface area contributed by atoms with Crippen molar-refractivity contribution in [2.75, 3.05) is 0 Å². The lowest BCUT2D eigenvalue weighted by molar-refractivity contribution is 0.181. The van der Waals surface area contributed by atoms with Gasteiger partial charge in [-0.05, 0) is 31.6 Å². The summed E-state index contributed by atoms with van der Waals surface area (Å²) in [4.78, 5) is 0. The van der Waals surface area contributed by atoms with Gasteiger partial charge in [0.2, 0.25) is 0 Å². The molecule has 0 fully saturated rings. The minimum atomic E-state index is -1.19. The molecule has 0 aromatic heterocycles. The number of hydrogen-bond acceptors (Lipinski definition) is 0. The molecule has 1 rings (SSSR count). The molecule has 13 heavy (non-hydrogen) atoms. The summed E-state index contributed by atoms with van der Waals surface area (Å²) in [6.45, 7) is 4.11. The molecule has 0 spiro atoms. The average Bonchev–Trinajstić information content (AvgIpc) is 1.97.